The molecule has 206 valence electrons. The summed E-state index contributed by atoms with van der Waals surface area (Å²) in [5.41, 5.74) is 0.751. The molecule has 1 aromatic rings. The van der Waals surface area contributed by atoms with E-state index >= 15 is 0 Å². The highest BCUT2D eigenvalue weighted by molar-refractivity contribution is 7.87. The van der Waals surface area contributed by atoms with Crippen molar-refractivity contribution in [1.29, 1.82) is 0 Å². The van der Waals surface area contributed by atoms with E-state index in [9.17, 15) is 22.6 Å². The highest BCUT2D eigenvalue weighted by Crippen LogP contribution is 2.23. The number of hydrogen-bond donors (Lipinski definition) is 2. The van der Waals surface area contributed by atoms with Crippen molar-refractivity contribution in [3.63, 3.8) is 0 Å². The summed E-state index contributed by atoms with van der Waals surface area (Å²) >= 11 is 0. The van der Waals surface area contributed by atoms with Gasteiger partial charge >= 0.3 is 11.9 Å². The molecule has 1 aromatic carbocycles. The molecule has 0 bridgehead atoms. The topological polar surface area (TPSA) is 118 Å². The Kier molecular flexibility index (Phi) is 17.1. The highest BCUT2D eigenvalue weighted by atomic mass is 32.2. The third-order valence-electron chi connectivity index (χ3n) is 6.47. The molecule has 0 heterocycles. The van der Waals surface area contributed by atoms with Gasteiger partial charge in [-0.2, -0.15) is 8.42 Å². The first-order valence-corrected chi connectivity index (χ1v) is 15.2. The van der Waals surface area contributed by atoms with Crippen LogP contribution in [-0.2, 0) is 26.1 Å². The number of carboxylic acids is 1. The van der Waals surface area contributed by atoms with Gasteiger partial charge in [0.1, 0.15) is 5.75 Å². The fraction of sp³-hybridized carbons (Fsp3) is 0.714. The maximum atomic E-state index is 12.2. The lowest BCUT2D eigenvalue weighted by atomic mass is 10.0. The number of rotatable bonds is 22. The SMILES string of the molecule is CCCCCCCCCCCCCCCCCCc1ccccc1OC(=O)C(CC(=O)O)S(=O)(=O)O. The number of carboxylic acid groups (broad SMARTS) is 1. The molecule has 0 aliphatic rings. The van der Waals surface area contributed by atoms with Crippen molar-refractivity contribution in [2.45, 2.75) is 128 Å². The quantitative estimate of drug-likeness (QED) is 0.0714. The Morgan fingerprint density at radius 3 is 1.67 bits per heavy atom. The normalized spacial score (nSPS) is 12.4. The minimum absolute atomic E-state index is 0.197. The Hall–Kier alpha value is -1.93. The van der Waals surface area contributed by atoms with E-state index in [1.54, 1.807) is 24.3 Å². The van der Waals surface area contributed by atoms with E-state index < -0.39 is 33.7 Å². The second-order valence-corrected chi connectivity index (χ2v) is 11.3. The van der Waals surface area contributed by atoms with Crippen LogP contribution in [0.3, 0.4) is 0 Å². The maximum absolute atomic E-state index is 12.2. The number of carbonyl (C=O) groups is 2. The van der Waals surface area contributed by atoms with Crippen LogP contribution < -0.4 is 4.74 Å². The third kappa shape index (κ3) is 15.2. The highest BCUT2D eigenvalue weighted by Gasteiger charge is 2.35. The second-order valence-electron chi connectivity index (χ2n) is 9.68. The van der Waals surface area contributed by atoms with Gasteiger partial charge in [-0.3, -0.25) is 14.1 Å². The largest absolute Gasteiger partial charge is 0.481 e. The first kappa shape index (κ1) is 32.1. The van der Waals surface area contributed by atoms with Gasteiger partial charge in [0.2, 0.25) is 0 Å². The van der Waals surface area contributed by atoms with E-state index in [1.165, 1.54) is 83.5 Å². The van der Waals surface area contributed by atoms with Crippen molar-refractivity contribution in [2.75, 3.05) is 0 Å². The lowest BCUT2D eigenvalue weighted by Crippen LogP contribution is -2.35. The zero-order valence-corrected chi connectivity index (χ0v) is 22.8. The van der Waals surface area contributed by atoms with Gasteiger partial charge < -0.3 is 9.84 Å². The predicted molar refractivity (Wildman–Crippen MR) is 143 cm³/mol. The van der Waals surface area contributed by atoms with Gasteiger partial charge in [-0.15, -0.1) is 0 Å². The molecule has 0 saturated heterocycles. The summed E-state index contributed by atoms with van der Waals surface area (Å²) in [6, 6.07) is 6.80. The van der Waals surface area contributed by atoms with Crippen molar-refractivity contribution in [2.24, 2.45) is 0 Å². The van der Waals surface area contributed by atoms with Crippen molar-refractivity contribution in [1.82, 2.24) is 0 Å². The fourth-order valence-electron chi connectivity index (χ4n) is 4.32. The average Bonchev–Trinajstić information content (AvgIpc) is 2.82. The Balaban J connectivity index is 2.20. The van der Waals surface area contributed by atoms with Crippen LogP contribution in [0.4, 0.5) is 0 Å². The number of ether oxygens (including phenoxy) is 1. The molecule has 0 fully saturated rings. The van der Waals surface area contributed by atoms with E-state index in [2.05, 4.69) is 6.92 Å². The van der Waals surface area contributed by atoms with Crippen LogP contribution >= 0.6 is 0 Å². The van der Waals surface area contributed by atoms with Crippen LogP contribution in [0, 0.1) is 0 Å². The number of aliphatic carboxylic acids is 1. The van der Waals surface area contributed by atoms with Gasteiger partial charge in [0, 0.05) is 0 Å². The molecule has 1 unspecified atom stereocenters. The standard InChI is InChI=1S/C28H46O7S/c1-2-3-4-5-6-7-8-9-10-11-12-13-14-15-16-17-20-24-21-18-19-22-25(24)35-28(31)26(23-27(29)30)36(32,33)34/h18-19,21-22,26H,2-17,20,23H2,1H3,(H,29,30)(H,32,33,34). The maximum Gasteiger partial charge on any atom is 0.332 e. The summed E-state index contributed by atoms with van der Waals surface area (Å²) in [7, 11) is -4.89. The summed E-state index contributed by atoms with van der Waals surface area (Å²) in [4.78, 5) is 23.1. The smallest absolute Gasteiger partial charge is 0.332 e. The first-order valence-electron chi connectivity index (χ1n) is 13.7. The van der Waals surface area contributed by atoms with Gasteiger partial charge in [-0.05, 0) is 24.5 Å². The molecule has 0 saturated carbocycles. The summed E-state index contributed by atoms with van der Waals surface area (Å²) in [6.45, 7) is 2.25. The molecule has 0 spiro atoms. The van der Waals surface area contributed by atoms with Crippen LogP contribution in [-0.4, -0.2) is 35.3 Å². The number of carbonyl (C=O) groups excluding carboxylic acids is 1. The molecule has 0 aliphatic heterocycles. The number of hydrogen-bond acceptors (Lipinski definition) is 5. The summed E-state index contributed by atoms with van der Waals surface area (Å²) in [6.07, 6.45) is 20.1. The number of benzene rings is 1. The van der Waals surface area contributed by atoms with Crippen LogP contribution in [0.2, 0.25) is 0 Å². The molecule has 0 aromatic heterocycles. The summed E-state index contributed by atoms with van der Waals surface area (Å²) in [5.74, 6) is -2.61. The van der Waals surface area contributed by atoms with Gasteiger partial charge in [-0.1, -0.05) is 121 Å². The summed E-state index contributed by atoms with van der Waals surface area (Å²) in [5, 5.41) is 6.69. The van der Waals surface area contributed by atoms with Crippen molar-refractivity contribution in [3.8, 4) is 5.75 Å². The molecule has 36 heavy (non-hydrogen) atoms. The van der Waals surface area contributed by atoms with E-state index in [1.807, 2.05) is 0 Å². The summed E-state index contributed by atoms with van der Waals surface area (Å²) < 4.78 is 37.2. The van der Waals surface area contributed by atoms with E-state index in [0.29, 0.717) is 6.42 Å². The number of unbranched alkanes of at least 4 members (excludes halogenated alkanes) is 15. The minimum Gasteiger partial charge on any atom is -0.481 e. The zero-order chi connectivity index (χ0) is 26.7. The average molecular weight is 527 g/mol. The van der Waals surface area contributed by atoms with Gasteiger partial charge in [0.05, 0.1) is 6.42 Å². The van der Waals surface area contributed by atoms with Crippen molar-refractivity contribution in [3.05, 3.63) is 29.8 Å². The molecule has 0 amide bonds. The van der Waals surface area contributed by atoms with Crippen LogP contribution in [0.15, 0.2) is 24.3 Å². The predicted octanol–water partition coefficient (Wildman–Crippen LogP) is 7.13. The van der Waals surface area contributed by atoms with Gasteiger partial charge in [-0.25, -0.2) is 0 Å². The van der Waals surface area contributed by atoms with Crippen LogP contribution in [0.1, 0.15) is 122 Å². The fourth-order valence-corrected chi connectivity index (χ4v) is 4.96. The molecule has 7 nitrogen and oxygen atoms in total. The molecular weight excluding hydrogens is 480 g/mol. The molecule has 2 N–H and O–H groups in total. The van der Waals surface area contributed by atoms with E-state index in [0.717, 1.165) is 24.8 Å². The number of para-hydroxylation sites is 1. The second kappa shape index (κ2) is 19.2. The van der Waals surface area contributed by atoms with Crippen LogP contribution in [0.25, 0.3) is 0 Å². The van der Waals surface area contributed by atoms with E-state index in [-0.39, 0.29) is 5.75 Å². The van der Waals surface area contributed by atoms with Crippen molar-refractivity contribution < 1.29 is 32.4 Å². The zero-order valence-electron chi connectivity index (χ0n) is 22.0. The Labute approximate surface area is 217 Å². The Morgan fingerprint density at radius 2 is 1.22 bits per heavy atom. The van der Waals surface area contributed by atoms with Crippen molar-refractivity contribution >= 4 is 22.1 Å². The lowest BCUT2D eigenvalue weighted by molar-refractivity contribution is -0.142. The minimum atomic E-state index is -4.89. The first-order chi connectivity index (χ1) is 17.3. The molecular formula is C28H46O7S. The molecule has 0 radical (unpaired) electrons. The number of esters is 1. The van der Waals surface area contributed by atoms with Gasteiger partial charge in [0.25, 0.3) is 10.1 Å². The molecule has 1 atom stereocenters. The van der Waals surface area contributed by atoms with Crippen LogP contribution in [0.5, 0.6) is 5.75 Å². The molecule has 1 rings (SSSR count). The number of aryl methyl sites for hydroxylation is 1. The molecule has 0 aliphatic carbocycles. The third-order valence-corrected chi connectivity index (χ3v) is 7.54. The van der Waals surface area contributed by atoms with Gasteiger partial charge in [0.15, 0.2) is 5.25 Å². The Morgan fingerprint density at radius 1 is 0.778 bits per heavy atom. The molecule has 8 heteroatoms. The van der Waals surface area contributed by atoms with E-state index in [4.69, 9.17) is 9.84 Å². The lowest BCUT2D eigenvalue weighted by Gasteiger charge is -2.14. The monoisotopic (exact) mass is 526 g/mol. The Bertz CT molecular complexity index is 851.